The molecule has 136 valence electrons. The Bertz CT molecular complexity index is 761. The first-order valence-corrected chi connectivity index (χ1v) is 8.88. The van der Waals surface area contributed by atoms with E-state index in [1.807, 2.05) is 54.6 Å². The van der Waals surface area contributed by atoms with E-state index in [2.05, 4.69) is 5.32 Å². The van der Waals surface area contributed by atoms with Gasteiger partial charge in [0.15, 0.2) is 0 Å². The first kappa shape index (κ1) is 18.0. The number of ether oxygens (including phenoxy) is 1. The van der Waals surface area contributed by atoms with Crippen molar-refractivity contribution in [3.8, 4) is 5.75 Å². The Morgan fingerprint density at radius 3 is 2.65 bits per heavy atom. The second-order valence-corrected chi connectivity index (χ2v) is 6.51. The molecule has 5 nitrogen and oxygen atoms in total. The molecular formula is C21H24N2O3. The number of para-hydroxylation sites is 1. The van der Waals surface area contributed by atoms with E-state index in [1.165, 1.54) is 5.56 Å². The van der Waals surface area contributed by atoms with Crippen molar-refractivity contribution >= 4 is 11.8 Å². The zero-order chi connectivity index (χ0) is 18.4. The average molecular weight is 352 g/mol. The molecule has 2 amide bonds. The Labute approximate surface area is 154 Å². The second-order valence-electron chi connectivity index (χ2n) is 6.51. The number of hydrogen-bond donors (Lipinski definition) is 1. The van der Waals surface area contributed by atoms with Gasteiger partial charge in [-0.05, 0) is 18.1 Å². The number of nitrogens with zero attached hydrogens (tertiary/aromatic N) is 1. The van der Waals surface area contributed by atoms with Gasteiger partial charge in [-0.25, -0.2) is 0 Å². The Kier molecular flexibility index (Phi) is 5.89. The van der Waals surface area contributed by atoms with Crippen LogP contribution in [0.25, 0.3) is 0 Å². The van der Waals surface area contributed by atoms with E-state index in [-0.39, 0.29) is 24.2 Å². The van der Waals surface area contributed by atoms with Crippen LogP contribution in [0, 0.1) is 5.92 Å². The highest BCUT2D eigenvalue weighted by molar-refractivity contribution is 5.89. The molecule has 0 aromatic heterocycles. The number of amides is 2. The minimum atomic E-state index is -0.284. The normalized spacial score (nSPS) is 16.6. The molecule has 5 heteroatoms. The molecular weight excluding hydrogens is 328 g/mol. The van der Waals surface area contributed by atoms with Gasteiger partial charge in [0, 0.05) is 31.6 Å². The highest BCUT2D eigenvalue weighted by Crippen LogP contribution is 2.24. The quantitative estimate of drug-likeness (QED) is 0.832. The second kappa shape index (κ2) is 8.52. The highest BCUT2D eigenvalue weighted by Gasteiger charge is 2.34. The lowest BCUT2D eigenvalue weighted by Crippen LogP contribution is -2.34. The van der Waals surface area contributed by atoms with E-state index >= 15 is 0 Å². The van der Waals surface area contributed by atoms with Crippen molar-refractivity contribution in [1.82, 2.24) is 10.2 Å². The Balaban J connectivity index is 1.51. The summed E-state index contributed by atoms with van der Waals surface area (Å²) in [6.45, 7) is 1.50. The summed E-state index contributed by atoms with van der Waals surface area (Å²) in [6.07, 6.45) is 1.06. The number of carbonyl (C=O) groups is 2. The predicted molar refractivity (Wildman–Crippen MR) is 99.7 cm³/mol. The van der Waals surface area contributed by atoms with Crippen molar-refractivity contribution in [3.05, 3.63) is 65.7 Å². The first-order valence-electron chi connectivity index (χ1n) is 8.88. The highest BCUT2D eigenvalue weighted by atomic mass is 16.5. The number of hydrogen-bond acceptors (Lipinski definition) is 3. The maximum absolute atomic E-state index is 12.4. The molecule has 0 radical (unpaired) electrons. The van der Waals surface area contributed by atoms with Crippen LogP contribution >= 0.6 is 0 Å². The van der Waals surface area contributed by atoms with Crippen molar-refractivity contribution < 1.29 is 14.3 Å². The van der Waals surface area contributed by atoms with E-state index < -0.39 is 0 Å². The minimum absolute atomic E-state index is 0.0131. The monoisotopic (exact) mass is 352 g/mol. The van der Waals surface area contributed by atoms with Crippen LogP contribution in [0.1, 0.15) is 17.5 Å². The van der Waals surface area contributed by atoms with E-state index in [4.69, 9.17) is 4.74 Å². The molecule has 1 aliphatic heterocycles. The third-order valence-corrected chi connectivity index (χ3v) is 4.69. The summed E-state index contributed by atoms with van der Waals surface area (Å²) in [5.41, 5.74) is 2.14. The number of carbonyl (C=O) groups excluding carboxylic acids is 2. The smallest absolute Gasteiger partial charge is 0.225 e. The van der Waals surface area contributed by atoms with Crippen molar-refractivity contribution in [3.63, 3.8) is 0 Å². The van der Waals surface area contributed by atoms with Crippen LogP contribution in [0.2, 0.25) is 0 Å². The molecule has 1 fully saturated rings. The Morgan fingerprint density at radius 2 is 1.88 bits per heavy atom. The van der Waals surface area contributed by atoms with Crippen LogP contribution < -0.4 is 10.1 Å². The zero-order valence-electron chi connectivity index (χ0n) is 15.0. The fourth-order valence-electron chi connectivity index (χ4n) is 3.26. The third kappa shape index (κ3) is 4.42. The van der Waals surface area contributed by atoms with Gasteiger partial charge in [0.2, 0.25) is 11.8 Å². The number of likely N-dealkylation sites (tertiary alicyclic amines) is 1. The van der Waals surface area contributed by atoms with Crippen LogP contribution in [0.4, 0.5) is 0 Å². The molecule has 1 unspecified atom stereocenters. The van der Waals surface area contributed by atoms with Gasteiger partial charge in [-0.1, -0.05) is 48.5 Å². The standard InChI is InChI=1S/C21H24N2O3/c1-26-19-10-6-5-9-17(19)14-23-15-18(13-20(23)24)21(25)22-12-11-16-7-3-2-4-8-16/h2-10,18H,11-15H2,1H3,(H,22,25). The summed E-state index contributed by atoms with van der Waals surface area (Å²) < 4.78 is 5.34. The predicted octanol–water partition coefficient (Wildman–Crippen LogP) is 2.40. The van der Waals surface area contributed by atoms with E-state index in [0.29, 0.717) is 19.6 Å². The van der Waals surface area contributed by atoms with Crippen LogP contribution in [-0.4, -0.2) is 36.9 Å². The molecule has 2 aromatic carbocycles. The summed E-state index contributed by atoms with van der Waals surface area (Å²) in [5, 5.41) is 2.96. The van der Waals surface area contributed by atoms with Gasteiger partial charge in [-0.3, -0.25) is 9.59 Å². The lowest BCUT2D eigenvalue weighted by atomic mass is 10.1. The fraction of sp³-hybridized carbons (Fsp3) is 0.333. The molecule has 1 saturated heterocycles. The van der Waals surface area contributed by atoms with Crippen LogP contribution in [0.5, 0.6) is 5.75 Å². The van der Waals surface area contributed by atoms with Crippen LogP contribution in [-0.2, 0) is 22.6 Å². The molecule has 26 heavy (non-hydrogen) atoms. The maximum Gasteiger partial charge on any atom is 0.225 e. The van der Waals surface area contributed by atoms with Gasteiger partial charge >= 0.3 is 0 Å². The van der Waals surface area contributed by atoms with E-state index in [1.54, 1.807) is 12.0 Å². The van der Waals surface area contributed by atoms with Gasteiger partial charge in [0.1, 0.15) is 5.75 Å². The average Bonchev–Trinajstić information content (AvgIpc) is 3.03. The molecule has 1 aliphatic rings. The van der Waals surface area contributed by atoms with Gasteiger partial charge in [-0.2, -0.15) is 0 Å². The van der Waals surface area contributed by atoms with E-state index in [0.717, 1.165) is 17.7 Å². The van der Waals surface area contributed by atoms with Gasteiger partial charge < -0.3 is 15.0 Å². The summed E-state index contributed by atoms with van der Waals surface area (Å²) in [5.74, 6) is 0.444. The lowest BCUT2D eigenvalue weighted by molar-refractivity contribution is -0.129. The van der Waals surface area contributed by atoms with Crippen molar-refractivity contribution in [2.24, 2.45) is 5.92 Å². The van der Waals surface area contributed by atoms with Gasteiger partial charge in [0.25, 0.3) is 0 Å². The zero-order valence-corrected chi connectivity index (χ0v) is 15.0. The molecule has 1 heterocycles. The molecule has 1 atom stereocenters. The number of benzene rings is 2. The molecule has 1 N–H and O–H groups in total. The molecule has 0 saturated carbocycles. The fourth-order valence-corrected chi connectivity index (χ4v) is 3.26. The SMILES string of the molecule is COc1ccccc1CN1CC(C(=O)NCCc2ccccc2)CC1=O. The van der Waals surface area contributed by atoms with Crippen molar-refractivity contribution in [1.29, 1.82) is 0 Å². The molecule has 0 aliphatic carbocycles. The largest absolute Gasteiger partial charge is 0.496 e. The maximum atomic E-state index is 12.4. The van der Waals surface area contributed by atoms with E-state index in [9.17, 15) is 9.59 Å². The number of nitrogens with one attached hydrogen (secondary N) is 1. The minimum Gasteiger partial charge on any atom is -0.496 e. The van der Waals surface area contributed by atoms with Crippen molar-refractivity contribution in [2.45, 2.75) is 19.4 Å². The third-order valence-electron chi connectivity index (χ3n) is 4.69. The molecule has 3 rings (SSSR count). The number of rotatable bonds is 7. The molecule has 2 aromatic rings. The lowest BCUT2D eigenvalue weighted by Gasteiger charge is -2.18. The van der Waals surface area contributed by atoms with Crippen molar-refractivity contribution in [2.75, 3.05) is 20.2 Å². The first-order chi connectivity index (χ1) is 12.7. The van der Waals surface area contributed by atoms with Crippen LogP contribution in [0.15, 0.2) is 54.6 Å². The Hall–Kier alpha value is -2.82. The Morgan fingerprint density at radius 1 is 1.15 bits per heavy atom. The number of methoxy groups -OCH3 is 1. The van der Waals surface area contributed by atoms with Gasteiger partial charge in [0.05, 0.1) is 13.0 Å². The summed E-state index contributed by atoms with van der Waals surface area (Å²) in [7, 11) is 1.62. The summed E-state index contributed by atoms with van der Waals surface area (Å²) in [4.78, 5) is 26.4. The van der Waals surface area contributed by atoms with Crippen LogP contribution in [0.3, 0.4) is 0 Å². The molecule has 0 bridgehead atoms. The summed E-state index contributed by atoms with van der Waals surface area (Å²) in [6, 6.07) is 17.7. The topological polar surface area (TPSA) is 58.6 Å². The summed E-state index contributed by atoms with van der Waals surface area (Å²) >= 11 is 0. The van der Waals surface area contributed by atoms with Gasteiger partial charge in [-0.15, -0.1) is 0 Å². The molecule has 0 spiro atoms.